The van der Waals surface area contributed by atoms with Gasteiger partial charge in [0.2, 0.25) is 0 Å². The molecule has 0 heterocycles. The Hall–Kier alpha value is -0.160. The van der Waals surface area contributed by atoms with Gasteiger partial charge in [0.15, 0.2) is 0 Å². The van der Waals surface area contributed by atoms with Gasteiger partial charge in [-0.1, -0.05) is 0 Å². The van der Waals surface area contributed by atoms with Crippen LogP contribution in [-0.4, -0.2) is 12.2 Å². The van der Waals surface area contributed by atoms with Crippen molar-refractivity contribution in [3.8, 4) is 0 Å². The summed E-state index contributed by atoms with van der Waals surface area (Å²) in [6.07, 6.45) is 1.90. The van der Waals surface area contributed by atoms with Crippen molar-refractivity contribution in [2.75, 3.05) is 0 Å². The quantitative estimate of drug-likeness (QED) is 0.551. The number of hydrogen-bond donors (Lipinski definition) is 2. The Labute approximate surface area is 61.4 Å². The van der Waals surface area contributed by atoms with Crippen molar-refractivity contribution in [2.45, 2.75) is 38.9 Å². The summed E-state index contributed by atoms with van der Waals surface area (Å²) in [5, 5.41) is 0. The van der Waals surface area contributed by atoms with Gasteiger partial charge >= 0.3 is 0 Å². The van der Waals surface area contributed by atoms with Crippen LogP contribution in [0, 0.1) is 0 Å². The Bertz CT molecular complexity index is 70.1. The molecule has 0 aromatic carbocycles. The van der Waals surface area contributed by atoms with Crippen LogP contribution in [0.25, 0.3) is 0 Å². The van der Waals surface area contributed by atoms with Crippen molar-refractivity contribution in [3.63, 3.8) is 0 Å². The minimum Gasteiger partial charge on any atom is -0.302 e. The van der Waals surface area contributed by atoms with E-state index in [2.05, 4.69) is 9.68 Å². The number of rotatable bonds is 5. The second-order valence-electron chi connectivity index (χ2n) is 2.47. The van der Waals surface area contributed by atoms with Gasteiger partial charge in [0.25, 0.3) is 0 Å². The second kappa shape index (κ2) is 5.61. The van der Waals surface area contributed by atoms with Gasteiger partial charge in [-0.15, -0.1) is 0 Å². The van der Waals surface area contributed by atoms with E-state index in [1.54, 1.807) is 0 Å². The van der Waals surface area contributed by atoms with Gasteiger partial charge in [-0.3, -0.25) is 0 Å². The highest BCUT2D eigenvalue weighted by Gasteiger charge is 2.04. The maximum atomic E-state index is 4.93. The molecular weight excluding hydrogens is 132 g/mol. The van der Waals surface area contributed by atoms with Crippen molar-refractivity contribution in [1.29, 1.82) is 0 Å². The molecule has 62 valence electrons. The predicted octanol–water partition coefficient (Wildman–Crippen LogP) is 0.324. The lowest BCUT2D eigenvalue weighted by molar-refractivity contribution is 0.0246. The Morgan fingerprint density at radius 3 is 1.50 bits per heavy atom. The highest BCUT2D eigenvalue weighted by molar-refractivity contribution is 4.53. The first-order chi connectivity index (χ1) is 4.70. The van der Waals surface area contributed by atoms with E-state index in [-0.39, 0.29) is 12.2 Å². The molecule has 4 N–H and O–H groups in total. The molecule has 0 aromatic heterocycles. The molecular formula is C6H16N2O2. The van der Waals surface area contributed by atoms with Gasteiger partial charge in [-0.2, -0.15) is 0 Å². The molecule has 0 fully saturated rings. The summed E-state index contributed by atoms with van der Waals surface area (Å²) in [5.41, 5.74) is 0. The molecule has 0 radical (unpaired) electrons. The van der Waals surface area contributed by atoms with Crippen LogP contribution < -0.4 is 11.8 Å². The predicted molar refractivity (Wildman–Crippen MR) is 38.7 cm³/mol. The molecule has 0 spiro atoms. The monoisotopic (exact) mass is 148 g/mol. The van der Waals surface area contributed by atoms with E-state index in [1.807, 2.05) is 13.8 Å². The Balaban J connectivity index is 3.17. The minimum atomic E-state index is 0.0811. The van der Waals surface area contributed by atoms with E-state index < -0.39 is 0 Å². The van der Waals surface area contributed by atoms with E-state index in [0.29, 0.717) is 0 Å². The van der Waals surface area contributed by atoms with Gasteiger partial charge < -0.3 is 9.68 Å². The molecule has 0 aliphatic carbocycles. The fourth-order valence-electron chi connectivity index (χ4n) is 0.605. The van der Waals surface area contributed by atoms with Crippen LogP contribution in [0.3, 0.4) is 0 Å². The van der Waals surface area contributed by atoms with E-state index in [0.717, 1.165) is 12.8 Å². The smallest absolute Gasteiger partial charge is 0.0760 e. The van der Waals surface area contributed by atoms with Crippen molar-refractivity contribution >= 4 is 0 Å². The molecule has 0 bridgehead atoms. The number of nitrogens with two attached hydrogens (primary N) is 2. The molecule has 4 heteroatoms. The van der Waals surface area contributed by atoms with Crippen LogP contribution in [0.1, 0.15) is 26.7 Å². The van der Waals surface area contributed by atoms with Crippen LogP contribution in [0.5, 0.6) is 0 Å². The molecule has 0 aliphatic heterocycles. The van der Waals surface area contributed by atoms with Crippen LogP contribution in [0.4, 0.5) is 0 Å². The average molecular weight is 148 g/mol. The lowest BCUT2D eigenvalue weighted by Crippen LogP contribution is -2.18. The van der Waals surface area contributed by atoms with E-state index in [9.17, 15) is 0 Å². The molecule has 4 nitrogen and oxygen atoms in total. The molecule has 2 atom stereocenters. The van der Waals surface area contributed by atoms with E-state index >= 15 is 0 Å². The third kappa shape index (κ3) is 4.69. The summed E-state index contributed by atoms with van der Waals surface area (Å²) < 4.78 is 0. The van der Waals surface area contributed by atoms with E-state index in [4.69, 9.17) is 11.8 Å². The molecule has 0 saturated carbocycles. The maximum absolute atomic E-state index is 4.93. The van der Waals surface area contributed by atoms with Gasteiger partial charge in [-0.25, -0.2) is 11.8 Å². The van der Waals surface area contributed by atoms with Crippen LogP contribution in [0.15, 0.2) is 0 Å². The minimum absolute atomic E-state index is 0.0811. The summed E-state index contributed by atoms with van der Waals surface area (Å²) in [4.78, 5) is 9.10. The van der Waals surface area contributed by atoms with Crippen LogP contribution in [-0.2, 0) is 9.68 Å². The Morgan fingerprint density at radius 2 is 1.30 bits per heavy atom. The third-order valence-corrected chi connectivity index (χ3v) is 1.44. The summed E-state index contributed by atoms with van der Waals surface area (Å²) >= 11 is 0. The van der Waals surface area contributed by atoms with Crippen LogP contribution in [0.2, 0.25) is 0 Å². The normalized spacial score (nSPS) is 16.8. The maximum Gasteiger partial charge on any atom is 0.0760 e. The number of hydrogen-bond acceptors (Lipinski definition) is 4. The standard InChI is InChI=1S/C6H16N2O2/c1-5(9-7)3-4-6(2)10-8/h5-6H,3-4,7-8H2,1-2H3. The summed E-state index contributed by atoms with van der Waals surface area (Å²) in [7, 11) is 0. The van der Waals surface area contributed by atoms with Gasteiger partial charge in [0.1, 0.15) is 0 Å². The lowest BCUT2D eigenvalue weighted by Gasteiger charge is -2.11. The topological polar surface area (TPSA) is 70.5 Å². The zero-order valence-corrected chi connectivity index (χ0v) is 6.54. The molecule has 0 aromatic rings. The highest BCUT2D eigenvalue weighted by Crippen LogP contribution is 2.03. The zero-order chi connectivity index (χ0) is 7.98. The summed E-state index contributed by atoms with van der Waals surface area (Å²) in [6, 6.07) is 0. The lowest BCUT2D eigenvalue weighted by atomic mass is 10.1. The first-order valence-corrected chi connectivity index (χ1v) is 3.41. The molecule has 2 unspecified atom stereocenters. The van der Waals surface area contributed by atoms with E-state index in [1.165, 1.54) is 0 Å². The average Bonchev–Trinajstić information content (AvgIpc) is 1.99. The highest BCUT2D eigenvalue weighted by atomic mass is 16.6. The fourth-order valence-corrected chi connectivity index (χ4v) is 0.605. The molecule has 0 aliphatic rings. The first-order valence-electron chi connectivity index (χ1n) is 3.41. The van der Waals surface area contributed by atoms with Crippen molar-refractivity contribution in [3.05, 3.63) is 0 Å². The fraction of sp³-hybridized carbons (Fsp3) is 1.00. The molecule has 0 rings (SSSR count). The molecule has 0 saturated heterocycles. The van der Waals surface area contributed by atoms with Gasteiger partial charge in [0.05, 0.1) is 12.2 Å². The largest absolute Gasteiger partial charge is 0.302 e. The Morgan fingerprint density at radius 1 is 1.00 bits per heavy atom. The third-order valence-electron chi connectivity index (χ3n) is 1.44. The van der Waals surface area contributed by atoms with Crippen molar-refractivity contribution < 1.29 is 9.68 Å². The zero-order valence-electron chi connectivity index (χ0n) is 6.54. The van der Waals surface area contributed by atoms with Crippen molar-refractivity contribution in [2.24, 2.45) is 11.8 Å². The Kier molecular flexibility index (Phi) is 5.52. The summed E-state index contributed by atoms with van der Waals surface area (Å²) in [5.74, 6) is 9.86. The SMILES string of the molecule is CC(CCC(C)ON)ON. The summed E-state index contributed by atoms with van der Waals surface area (Å²) in [6.45, 7) is 3.81. The first kappa shape index (κ1) is 9.84. The van der Waals surface area contributed by atoms with Crippen molar-refractivity contribution in [1.82, 2.24) is 0 Å². The van der Waals surface area contributed by atoms with Gasteiger partial charge in [0, 0.05) is 0 Å². The molecule has 10 heavy (non-hydrogen) atoms. The van der Waals surface area contributed by atoms with Gasteiger partial charge in [-0.05, 0) is 26.7 Å². The van der Waals surface area contributed by atoms with Crippen LogP contribution >= 0.6 is 0 Å². The second-order valence-corrected chi connectivity index (χ2v) is 2.47. The molecule has 0 amide bonds.